The Hall–Kier alpha value is -1.61. The van der Waals surface area contributed by atoms with Gasteiger partial charge >= 0.3 is 0 Å². The monoisotopic (exact) mass is 246 g/mol. The van der Waals surface area contributed by atoms with Crippen LogP contribution >= 0.6 is 0 Å². The first-order chi connectivity index (χ1) is 8.49. The van der Waals surface area contributed by atoms with E-state index in [0.29, 0.717) is 0 Å². The van der Waals surface area contributed by atoms with Gasteiger partial charge in [-0.2, -0.15) is 0 Å². The molecule has 0 radical (unpaired) electrons. The average molecular weight is 246 g/mol. The standard InChI is InChI=1S/C15H22N2O/c1-6-13(12-10-8-7-9-11-12)14(16(2)3)15(18)17(4)5/h6-11,13-14H,1H2,2-5H3. The van der Waals surface area contributed by atoms with E-state index in [-0.39, 0.29) is 17.9 Å². The molecule has 0 heterocycles. The zero-order chi connectivity index (χ0) is 13.7. The molecule has 0 aliphatic rings. The number of benzene rings is 1. The normalized spacial score (nSPS) is 14.1. The van der Waals surface area contributed by atoms with E-state index in [4.69, 9.17) is 0 Å². The number of nitrogens with zero attached hydrogens (tertiary/aromatic N) is 2. The molecule has 2 atom stereocenters. The maximum absolute atomic E-state index is 12.3. The molecule has 0 fully saturated rings. The summed E-state index contributed by atoms with van der Waals surface area (Å²) < 4.78 is 0. The summed E-state index contributed by atoms with van der Waals surface area (Å²) in [6.45, 7) is 3.89. The van der Waals surface area contributed by atoms with E-state index in [1.54, 1.807) is 19.0 Å². The lowest BCUT2D eigenvalue weighted by molar-refractivity contribution is -0.133. The van der Waals surface area contributed by atoms with Crippen molar-refractivity contribution in [2.24, 2.45) is 0 Å². The summed E-state index contributed by atoms with van der Waals surface area (Å²) in [5, 5.41) is 0. The lowest BCUT2D eigenvalue weighted by atomic mass is 9.90. The van der Waals surface area contributed by atoms with Gasteiger partial charge in [0.2, 0.25) is 5.91 Å². The van der Waals surface area contributed by atoms with Crippen molar-refractivity contribution in [1.82, 2.24) is 9.80 Å². The summed E-state index contributed by atoms with van der Waals surface area (Å²) in [6, 6.07) is 9.79. The molecule has 2 unspecified atom stereocenters. The maximum atomic E-state index is 12.3. The van der Waals surface area contributed by atoms with Crippen LogP contribution in [0.25, 0.3) is 0 Å². The van der Waals surface area contributed by atoms with Gasteiger partial charge in [-0.15, -0.1) is 6.58 Å². The van der Waals surface area contributed by atoms with Crippen LogP contribution < -0.4 is 0 Å². The van der Waals surface area contributed by atoms with E-state index in [1.807, 2.05) is 55.4 Å². The Bertz CT molecular complexity index is 398. The van der Waals surface area contributed by atoms with Crippen molar-refractivity contribution in [3.05, 3.63) is 48.6 Å². The Morgan fingerprint density at radius 1 is 1.17 bits per heavy atom. The summed E-state index contributed by atoms with van der Waals surface area (Å²) in [5.74, 6) is 0.0878. The Balaban J connectivity index is 3.10. The molecule has 0 N–H and O–H groups in total. The number of rotatable bonds is 5. The van der Waals surface area contributed by atoms with Crippen LogP contribution in [-0.4, -0.2) is 49.9 Å². The molecule has 0 saturated heterocycles. The number of carbonyl (C=O) groups excluding carboxylic acids is 1. The van der Waals surface area contributed by atoms with Crippen LogP contribution in [0.5, 0.6) is 0 Å². The van der Waals surface area contributed by atoms with Gasteiger partial charge in [-0.1, -0.05) is 36.4 Å². The molecule has 0 aliphatic heterocycles. The van der Waals surface area contributed by atoms with Gasteiger partial charge in [0.25, 0.3) is 0 Å². The van der Waals surface area contributed by atoms with Gasteiger partial charge in [-0.3, -0.25) is 9.69 Å². The van der Waals surface area contributed by atoms with Crippen LogP contribution in [0.3, 0.4) is 0 Å². The van der Waals surface area contributed by atoms with E-state index in [1.165, 1.54) is 0 Å². The number of hydrogen-bond donors (Lipinski definition) is 0. The van der Waals surface area contributed by atoms with Crippen molar-refractivity contribution < 1.29 is 4.79 Å². The van der Waals surface area contributed by atoms with Crippen molar-refractivity contribution in [3.63, 3.8) is 0 Å². The molecule has 98 valence electrons. The zero-order valence-corrected chi connectivity index (χ0v) is 11.6. The van der Waals surface area contributed by atoms with Gasteiger partial charge in [0.15, 0.2) is 0 Å². The van der Waals surface area contributed by atoms with Crippen molar-refractivity contribution in [1.29, 1.82) is 0 Å². The largest absolute Gasteiger partial charge is 0.347 e. The molecular weight excluding hydrogens is 224 g/mol. The fourth-order valence-corrected chi connectivity index (χ4v) is 2.08. The zero-order valence-electron chi connectivity index (χ0n) is 11.6. The molecule has 1 amide bonds. The first-order valence-electron chi connectivity index (χ1n) is 6.04. The van der Waals surface area contributed by atoms with Crippen LogP contribution in [0.1, 0.15) is 11.5 Å². The van der Waals surface area contributed by atoms with E-state index in [2.05, 4.69) is 6.58 Å². The summed E-state index contributed by atoms with van der Waals surface area (Å²) in [6.07, 6.45) is 1.85. The smallest absolute Gasteiger partial charge is 0.240 e. The predicted molar refractivity (Wildman–Crippen MR) is 75.5 cm³/mol. The van der Waals surface area contributed by atoms with Gasteiger partial charge in [0.1, 0.15) is 0 Å². The molecular formula is C15H22N2O. The summed E-state index contributed by atoms with van der Waals surface area (Å²) in [4.78, 5) is 15.9. The van der Waals surface area contributed by atoms with Crippen LogP contribution in [-0.2, 0) is 4.79 Å². The van der Waals surface area contributed by atoms with E-state index >= 15 is 0 Å². The second-order valence-electron chi connectivity index (χ2n) is 4.81. The highest BCUT2D eigenvalue weighted by atomic mass is 16.2. The average Bonchev–Trinajstić information content (AvgIpc) is 2.35. The highest BCUT2D eigenvalue weighted by molar-refractivity contribution is 5.83. The number of hydrogen-bond acceptors (Lipinski definition) is 2. The summed E-state index contributed by atoms with van der Waals surface area (Å²) in [7, 11) is 7.41. The van der Waals surface area contributed by atoms with Crippen molar-refractivity contribution in [2.75, 3.05) is 28.2 Å². The molecule has 1 aromatic rings. The molecule has 3 heteroatoms. The first kappa shape index (κ1) is 14.5. The fraction of sp³-hybridized carbons (Fsp3) is 0.400. The highest BCUT2D eigenvalue weighted by Gasteiger charge is 2.30. The summed E-state index contributed by atoms with van der Waals surface area (Å²) >= 11 is 0. The molecule has 0 bridgehead atoms. The van der Waals surface area contributed by atoms with Crippen LogP contribution in [0, 0.1) is 0 Å². The molecule has 0 aromatic heterocycles. The molecule has 18 heavy (non-hydrogen) atoms. The Morgan fingerprint density at radius 2 is 1.72 bits per heavy atom. The Kier molecular flexibility index (Phi) is 5.10. The van der Waals surface area contributed by atoms with Gasteiger partial charge in [0.05, 0.1) is 6.04 Å². The molecule has 1 rings (SSSR count). The third-order valence-corrected chi connectivity index (χ3v) is 3.03. The van der Waals surface area contributed by atoms with Gasteiger partial charge in [-0.25, -0.2) is 0 Å². The van der Waals surface area contributed by atoms with Crippen molar-refractivity contribution in [3.8, 4) is 0 Å². The first-order valence-corrected chi connectivity index (χ1v) is 6.04. The second kappa shape index (κ2) is 6.36. The lowest BCUT2D eigenvalue weighted by Crippen LogP contribution is -2.46. The molecule has 0 spiro atoms. The van der Waals surface area contributed by atoms with Crippen LogP contribution in [0.4, 0.5) is 0 Å². The maximum Gasteiger partial charge on any atom is 0.240 e. The predicted octanol–water partition coefficient (Wildman–Crippen LogP) is 1.97. The third-order valence-electron chi connectivity index (χ3n) is 3.03. The minimum atomic E-state index is -0.222. The van der Waals surface area contributed by atoms with Crippen LogP contribution in [0.15, 0.2) is 43.0 Å². The fourth-order valence-electron chi connectivity index (χ4n) is 2.08. The quantitative estimate of drug-likeness (QED) is 0.742. The summed E-state index contributed by atoms with van der Waals surface area (Å²) in [5.41, 5.74) is 1.11. The van der Waals surface area contributed by atoms with Gasteiger partial charge in [0, 0.05) is 20.0 Å². The van der Waals surface area contributed by atoms with Crippen molar-refractivity contribution >= 4 is 5.91 Å². The number of likely N-dealkylation sites (N-methyl/N-ethyl adjacent to an activating group) is 2. The minimum Gasteiger partial charge on any atom is -0.347 e. The molecule has 3 nitrogen and oxygen atoms in total. The second-order valence-corrected chi connectivity index (χ2v) is 4.81. The van der Waals surface area contributed by atoms with Gasteiger partial charge in [-0.05, 0) is 19.7 Å². The topological polar surface area (TPSA) is 23.6 Å². The van der Waals surface area contributed by atoms with Crippen LogP contribution in [0.2, 0.25) is 0 Å². The molecule has 0 aliphatic carbocycles. The van der Waals surface area contributed by atoms with Crippen molar-refractivity contribution in [2.45, 2.75) is 12.0 Å². The Morgan fingerprint density at radius 3 is 2.11 bits per heavy atom. The molecule has 1 aromatic carbocycles. The van der Waals surface area contributed by atoms with E-state index < -0.39 is 0 Å². The minimum absolute atomic E-state index is 0.00361. The van der Waals surface area contributed by atoms with Gasteiger partial charge < -0.3 is 4.90 Å². The lowest BCUT2D eigenvalue weighted by Gasteiger charge is -2.31. The Labute approximate surface area is 110 Å². The van der Waals surface area contributed by atoms with E-state index in [0.717, 1.165) is 5.56 Å². The third kappa shape index (κ3) is 3.20. The molecule has 0 saturated carbocycles. The number of amides is 1. The van der Waals surface area contributed by atoms with E-state index in [9.17, 15) is 4.79 Å². The highest BCUT2D eigenvalue weighted by Crippen LogP contribution is 2.24. The number of carbonyl (C=O) groups is 1. The SMILES string of the molecule is C=CC(c1ccccc1)C(C(=O)N(C)C)N(C)C.